The van der Waals surface area contributed by atoms with Crippen LogP contribution in [0.3, 0.4) is 0 Å². The Hall–Kier alpha value is -3.56. The summed E-state index contributed by atoms with van der Waals surface area (Å²) >= 11 is 0. The Morgan fingerprint density at radius 3 is 1.36 bits per heavy atom. The monoisotopic (exact) mass is 354 g/mol. The van der Waals surface area contributed by atoms with E-state index in [0.717, 1.165) is 24.0 Å². The highest BCUT2D eigenvalue weighted by Crippen LogP contribution is 2.37. The predicted octanol–water partition coefficient (Wildman–Crippen LogP) is 6.23. The average molecular weight is 354 g/mol. The molecule has 6 rings (SSSR count). The van der Waals surface area contributed by atoms with E-state index in [1.54, 1.807) is 0 Å². The highest BCUT2D eigenvalue weighted by Gasteiger charge is 2.18. The zero-order valence-corrected chi connectivity index (χ0v) is 15.5. The van der Waals surface area contributed by atoms with E-state index in [0.29, 0.717) is 0 Å². The molecule has 0 saturated carbocycles. The molecule has 4 aromatic carbocycles. The molecule has 0 heterocycles. The Labute approximate surface area is 165 Å². The standard InChI is InChI=1S/C28H18/c1-3-7-25-21(5-1)17-23-15-19(11-13-27(23)25)9-10-20-12-14-28-24(16-20)18-22-6-2-4-8-26(22)28/h1-8,11-16H,17-18H2. The van der Waals surface area contributed by atoms with Crippen molar-refractivity contribution in [1.82, 2.24) is 0 Å². The minimum atomic E-state index is 1.01. The maximum absolute atomic E-state index is 3.38. The second kappa shape index (κ2) is 5.98. The number of benzene rings is 4. The van der Waals surface area contributed by atoms with Crippen LogP contribution in [0.25, 0.3) is 22.3 Å². The molecule has 0 spiro atoms. The molecule has 0 aliphatic heterocycles. The van der Waals surface area contributed by atoms with E-state index in [2.05, 4.69) is 96.8 Å². The van der Waals surface area contributed by atoms with Crippen molar-refractivity contribution in [2.24, 2.45) is 0 Å². The first-order chi connectivity index (χ1) is 13.8. The smallest absolute Gasteiger partial charge is 0.0252 e. The van der Waals surface area contributed by atoms with Crippen molar-refractivity contribution in [3.05, 3.63) is 118 Å². The molecule has 0 heteroatoms. The van der Waals surface area contributed by atoms with E-state index in [4.69, 9.17) is 0 Å². The largest absolute Gasteiger partial charge is 0.0619 e. The molecular formula is C28H18. The summed E-state index contributed by atoms with van der Waals surface area (Å²) in [4.78, 5) is 0. The lowest BCUT2D eigenvalue weighted by atomic mass is 10.0. The van der Waals surface area contributed by atoms with Crippen molar-refractivity contribution in [3.63, 3.8) is 0 Å². The van der Waals surface area contributed by atoms with Gasteiger partial charge in [-0.1, -0.05) is 72.5 Å². The molecule has 0 fully saturated rings. The molecule has 0 amide bonds. The van der Waals surface area contributed by atoms with Crippen molar-refractivity contribution in [3.8, 4) is 34.1 Å². The van der Waals surface area contributed by atoms with Crippen LogP contribution in [0.1, 0.15) is 33.4 Å². The Morgan fingerprint density at radius 1 is 0.429 bits per heavy atom. The molecule has 130 valence electrons. The van der Waals surface area contributed by atoms with Crippen LogP contribution < -0.4 is 0 Å². The molecule has 4 aromatic rings. The normalized spacial score (nSPS) is 12.4. The lowest BCUT2D eigenvalue weighted by Gasteiger charge is -2.02. The average Bonchev–Trinajstić information content (AvgIpc) is 3.29. The highest BCUT2D eigenvalue weighted by molar-refractivity contribution is 5.78. The van der Waals surface area contributed by atoms with Crippen LogP contribution in [0.2, 0.25) is 0 Å². The molecule has 0 unspecified atom stereocenters. The number of rotatable bonds is 0. The molecular weight excluding hydrogens is 336 g/mol. The molecule has 2 aliphatic rings. The molecule has 0 nitrogen and oxygen atoms in total. The molecule has 0 atom stereocenters. The fourth-order valence-corrected chi connectivity index (χ4v) is 4.59. The summed E-state index contributed by atoms with van der Waals surface area (Å²) < 4.78 is 0. The van der Waals surface area contributed by atoms with Gasteiger partial charge in [-0.2, -0.15) is 0 Å². The van der Waals surface area contributed by atoms with Crippen LogP contribution in [0.15, 0.2) is 84.9 Å². The summed E-state index contributed by atoms with van der Waals surface area (Å²) in [6.45, 7) is 0. The van der Waals surface area contributed by atoms with Gasteiger partial charge in [-0.25, -0.2) is 0 Å². The van der Waals surface area contributed by atoms with Crippen LogP contribution in [0.4, 0.5) is 0 Å². The van der Waals surface area contributed by atoms with Gasteiger partial charge in [-0.15, -0.1) is 0 Å². The molecule has 0 aromatic heterocycles. The van der Waals surface area contributed by atoms with Gasteiger partial charge in [0.2, 0.25) is 0 Å². The van der Waals surface area contributed by atoms with Gasteiger partial charge in [-0.05, 0) is 81.6 Å². The van der Waals surface area contributed by atoms with Gasteiger partial charge in [0.05, 0.1) is 0 Å². The first kappa shape index (κ1) is 15.5. The number of hydrogen-bond donors (Lipinski definition) is 0. The molecule has 28 heavy (non-hydrogen) atoms. The predicted molar refractivity (Wildman–Crippen MR) is 115 cm³/mol. The minimum Gasteiger partial charge on any atom is -0.0619 e. The van der Waals surface area contributed by atoms with Crippen molar-refractivity contribution < 1.29 is 0 Å². The molecule has 0 radical (unpaired) electrons. The zero-order valence-electron chi connectivity index (χ0n) is 15.5. The van der Waals surface area contributed by atoms with Crippen LogP contribution in [0, 0.1) is 11.8 Å². The maximum Gasteiger partial charge on any atom is 0.0252 e. The third kappa shape index (κ3) is 2.41. The summed E-state index contributed by atoms with van der Waals surface area (Å²) in [6.07, 6.45) is 2.02. The van der Waals surface area contributed by atoms with E-state index in [-0.39, 0.29) is 0 Å². The van der Waals surface area contributed by atoms with Crippen molar-refractivity contribution in [2.45, 2.75) is 12.8 Å². The second-order valence-electron chi connectivity index (χ2n) is 7.66. The van der Waals surface area contributed by atoms with E-state index in [9.17, 15) is 0 Å². The lowest BCUT2D eigenvalue weighted by Crippen LogP contribution is -1.84. The van der Waals surface area contributed by atoms with Gasteiger partial charge >= 0.3 is 0 Å². The summed E-state index contributed by atoms with van der Waals surface area (Å²) in [5, 5.41) is 0. The van der Waals surface area contributed by atoms with Gasteiger partial charge in [-0.3, -0.25) is 0 Å². The number of fused-ring (bicyclic) bond motifs is 6. The van der Waals surface area contributed by atoms with Crippen molar-refractivity contribution >= 4 is 0 Å². The van der Waals surface area contributed by atoms with Crippen LogP contribution in [0.5, 0.6) is 0 Å². The van der Waals surface area contributed by atoms with Gasteiger partial charge in [0.1, 0.15) is 0 Å². The van der Waals surface area contributed by atoms with Crippen molar-refractivity contribution in [2.75, 3.05) is 0 Å². The maximum atomic E-state index is 3.38. The third-order valence-corrected chi connectivity index (χ3v) is 5.94. The zero-order chi connectivity index (χ0) is 18.5. The quantitative estimate of drug-likeness (QED) is 0.284. The van der Waals surface area contributed by atoms with Gasteiger partial charge < -0.3 is 0 Å². The summed E-state index contributed by atoms with van der Waals surface area (Å²) in [6, 6.07) is 30.6. The van der Waals surface area contributed by atoms with Crippen LogP contribution >= 0.6 is 0 Å². The Kier molecular flexibility index (Phi) is 3.31. The fourth-order valence-electron chi connectivity index (χ4n) is 4.59. The second-order valence-corrected chi connectivity index (χ2v) is 7.66. The SMILES string of the molecule is C(#Cc1ccc2c(c1)Cc1ccccc1-2)c1ccc2c(c1)Cc1ccccc1-2. The first-order valence-corrected chi connectivity index (χ1v) is 9.79. The molecule has 0 N–H and O–H groups in total. The van der Waals surface area contributed by atoms with E-state index in [1.165, 1.54) is 44.5 Å². The first-order valence-electron chi connectivity index (χ1n) is 9.79. The van der Waals surface area contributed by atoms with Crippen LogP contribution in [-0.4, -0.2) is 0 Å². The minimum absolute atomic E-state index is 1.01. The van der Waals surface area contributed by atoms with E-state index < -0.39 is 0 Å². The lowest BCUT2D eigenvalue weighted by molar-refractivity contribution is 1.26. The Bertz CT molecular complexity index is 1210. The van der Waals surface area contributed by atoms with Gasteiger partial charge in [0.15, 0.2) is 0 Å². The Balaban J connectivity index is 1.31. The number of hydrogen-bond acceptors (Lipinski definition) is 0. The van der Waals surface area contributed by atoms with E-state index >= 15 is 0 Å². The molecule has 0 saturated heterocycles. The summed E-state index contributed by atoms with van der Waals surface area (Å²) in [5.41, 5.74) is 13.3. The topological polar surface area (TPSA) is 0 Å². The summed E-state index contributed by atoms with van der Waals surface area (Å²) in [7, 11) is 0. The summed E-state index contributed by atoms with van der Waals surface area (Å²) in [5.74, 6) is 6.76. The molecule has 2 aliphatic carbocycles. The van der Waals surface area contributed by atoms with E-state index in [1.807, 2.05) is 0 Å². The third-order valence-electron chi connectivity index (χ3n) is 5.94. The highest BCUT2D eigenvalue weighted by atomic mass is 14.2. The van der Waals surface area contributed by atoms with Gasteiger partial charge in [0.25, 0.3) is 0 Å². The fraction of sp³-hybridized carbons (Fsp3) is 0.0714. The van der Waals surface area contributed by atoms with Crippen molar-refractivity contribution in [1.29, 1.82) is 0 Å². The van der Waals surface area contributed by atoms with Crippen LogP contribution in [-0.2, 0) is 12.8 Å². The Morgan fingerprint density at radius 2 is 0.857 bits per heavy atom. The van der Waals surface area contributed by atoms with Gasteiger partial charge in [0, 0.05) is 11.1 Å². The molecule has 0 bridgehead atoms.